The summed E-state index contributed by atoms with van der Waals surface area (Å²) in [6.45, 7) is 4.66. The van der Waals surface area contributed by atoms with Crippen LogP contribution in [0.15, 0.2) is 35.6 Å². The predicted octanol–water partition coefficient (Wildman–Crippen LogP) is 3.14. The van der Waals surface area contributed by atoms with E-state index in [-0.39, 0.29) is 29.8 Å². The van der Waals surface area contributed by atoms with Crippen LogP contribution in [-0.4, -0.2) is 47.4 Å². The largest absolute Gasteiger partial charge is 0.491 e. The highest BCUT2D eigenvalue weighted by Gasteiger charge is 2.26. The molecule has 0 spiro atoms. The molecule has 1 aliphatic rings. The molecular formula is C19H27FIN5O. The molecule has 1 N–H and O–H groups in total. The maximum Gasteiger partial charge on any atom is 0.193 e. The minimum Gasteiger partial charge on any atom is -0.491 e. The van der Waals surface area contributed by atoms with Gasteiger partial charge in [0.1, 0.15) is 0 Å². The summed E-state index contributed by atoms with van der Waals surface area (Å²) in [7, 11) is 3.71. The fraction of sp³-hybridized carbons (Fsp3) is 0.474. The van der Waals surface area contributed by atoms with Crippen LogP contribution in [0, 0.1) is 5.82 Å². The Hall–Kier alpha value is -1.84. The van der Waals surface area contributed by atoms with E-state index >= 15 is 0 Å². The minimum absolute atomic E-state index is 0. The van der Waals surface area contributed by atoms with Crippen LogP contribution >= 0.6 is 24.0 Å². The number of hydrogen-bond acceptors (Lipinski definition) is 3. The van der Waals surface area contributed by atoms with E-state index in [1.807, 2.05) is 30.9 Å². The molecule has 0 bridgehead atoms. The number of nitrogens with one attached hydrogen (secondary N) is 1. The van der Waals surface area contributed by atoms with Crippen molar-refractivity contribution in [2.75, 3.05) is 26.7 Å². The predicted molar refractivity (Wildman–Crippen MR) is 115 cm³/mol. The number of aromatic nitrogens is 2. The summed E-state index contributed by atoms with van der Waals surface area (Å²) in [5.74, 6) is 1.26. The molecule has 1 atom stereocenters. The Morgan fingerprint density at radius 3 is 2.89 bits per heavy atom. The first-order valence-electron chi connectivity index (χ1n) is 8.96. The molecule has 0 saturated carbocycles. The number of aryl methyl sites for hydroxylation is 1. The van der Waals surface area contributed by atoms with Gasteiger partial charge in [0.25, 0.3) is 0 Å². The van der Waals surface area contributed by atoms with Crippen molar-refractivity contribution in [2.45, 2.75) is 25.8 Å². The standard InChI is InChI=1S/C19H26FN5O.HI/c1-4-26-18-6-5-14(9-17(18)20)10-22-19(21-2)25-8-7-15(13-25)16-11-23-24(3)12-16;/h5-6,9,11-12,15H,4,7-8,10,13H2,1-3H3,(H,21,22);1H. The third-order valence-corrected chi connectivity index (χ3v) is 4.64. The van der Waals surface area contributed by atoms with Crippen LogP contribution < -0.4 is 10.1 Å². The number of guanidine groups is 1. The summed E-state index contributed by atoms with van der Waals surface area (Å²) in [4.78, 5) is 6.62. The lowest BCUT2D eigenvalue weighted by Crippen LogP contribution is -2.39. The van der Waals surface area contributed by atoms with Gasteiger partial charge in [-0.05, 0) is 36.6 Å². The van der Waals surface area contributed by atoms with Crippen LogP contribution in [0.4, 0.5) is 4.39 Å². The molecule has 2 heterocycles. The van der Waals surface area contributed by atoms with E-state index in [1.165, 1.54) is 11.6 Å². The van der Waals surface area contributed by atoms with Crippen molar-refractivity contribution < 1.29 is 9.13 Å². The molecular weight excluding hydrogens is 460 g/mol. The van der Waals surface area contributed by atoms with E-state index in [4.69, 9.17) is 4.74 Å². The number of halogens is 2. The van der Waals surface area contributed by atoms with Gasteiger partial charge in [-0.1, -0.05) is 6.07 Å². The highest BCUT2D eigenvalue weighted by Crippen LogP contribution is 2.26. The van der Waals surface area contributed by atoms with Crippen LogP contribution in [0.3, 0.4) is 0 Å². The highest BCUT2D eigenvalue weighted by atomic mass is 127. The monoisotopic (exact) mass is 487 g/mol. The number of ether oxygens (including phenoxy) is 1. The number of benzene rings is 1. The molecule has 2 aromatic rings. The lowest BCUT2D eigenvalue weighted by Gasteiger charge is -2.21. The molecule has 6 nitrogen and oxygen atoms in total. The first kappa shape index (κ1) is 21.5. The minimum atomic E-state index is -0.334. The van der Waals surface area contributed by atoms with Crippen molar-refractivity contribution in [3.63, 3.8) is 0 Å². The van der Waals surface area contributed by atoms with E-state index in [9.17, 15) is 4.39 Å². The first-order valence-corrected chi connectivity index (χ1v) is 8.96. The molecule has 1 fully saturated rings. The Bertz CT molecular complexity index is 779. The van der Waals surface area contributed by atoms with E-state index in [0.29, 0.717) is 24.8 Å². The summed E-state index contributed by atoms with van der Waals surface area (Å²) < 4.78 is 21.1. The second kappa shape index (κ2) is 9.91. The van der Waals surface area contributed by atoms with Gasteiger partial charge in [0.05, 0.1) is 12.8 Å². The molecule has 1 saturated heterocycles. The topological polar surface area (TPSA) is 54.7 Å². The Morgan fingerprint density at radius 2 is 2.26 bits per heavy atom. The molecule has 1 aromatic carbocycles. The Balaban J connectivity index is 0.00000261. The zero-order valence-corrected chi connectivity index (χ0v) is 18.3. The molecule has 3 rings (SSSR count). The van der Waals surface area contributed by atoms with Crippen molar-refractivity contribution >= 4 is 29.9 Å². The molecule has 1 aromatic heterocycles. The van der Waals surface area contributed by atoms with Crippen LogP contribution in [0.1, 0.15) is 30.4 Å². The average molecular weight is 487 g/mol. The summed E-state index contributed by atoms with van der Waals surface area (Å²) in [5, 5.41) is 7.59. The number of rotatable bonds is 5. The van der Waals surface area contributed by atoms with Crippen molar-refractivity contribution in [3.8, 4) is 5.75 Å². The molecule has 1 aliphatic heterocycles. The van der Waals surface area contributed by atoms with Crippen molar-refractivity contribution in [2.24, 2.45) is 12.0 Å². The molecule has 27 heavy (non-hydrogen) atoms. The zero-order valence-electron chi connectivity index (χ0n) is 16.0. The van der Waals surface area contributed by atoms with E-state index < -0.39 is 0 Å². The van der Waals surface area contributed by atoms with E-state index in [2.05, 4.69) is 26.5 Å². The SMILES string of the molecule is CCOc1ccc(CNC(=NC)N2CCC(c3cnn(C)c3)C2)cc1F.I. The van der Waals surface area contributed by atoms with Gasteiger partial charge in [-0.15, -0.1) is 24.0 Å². The number of hydrogen-bond donors (Lipinski definition) is 1. The van der Waals surface area contributed by atoms with Gasteiger partial charge < -0.3 is 15.0 Å². The van der Waals surface area contributed by atoms with Gasteiger partial charge in [-0.25, -0.2) is 4.39 Å². The van der Waals surface area contributed by atoms with Crippen molar-refractivity contribution in [3.05, 3.63) is 47.5 Å². The molecule has 1 unspecified atom stereocenters. The van der Waals surface area contributed by atoms with Crippen LogP contribution in [0.5, 0.6) is 5.75 Å². The van der Waals surface area contributed by atoms with Gasteiger partial charge in [0.2, 0.25) is 0 Å². The molecule has 0 aliphatic carbocycles. The van der Waals surface area contributed by atoms with Gasteiger partial charge >= 0.3 is 0 Å². The van der Waals surface area contributed by atoms with Gasteiger partial charge in [0, 0.05) is 45.8 Å². The van der Waals surface area contributed by atoms with Crippen LogP contribution in [-0.2, 0) is 13.6 Å². The molecule has 0 radical (unpaired) electrons. The number of nitrogens with zero attached hydrogens (tertiary/aromatic N) is 4. The third-order valence-electron chi connectivity index (χ3n) is 4.64. The fourth-order valence-electron chi connectivity index (χ4n) is 3.32. The highest BCUT2D eigenvalue weighted by molar-refractivity contribution is 14.0. The lowest BCUT2D eigenvalue weighted by atomic mass is 10.0. The first-order chi connectivity index (χ1) is 12.6. The van der Waals surface area contributed by atoms with Gasteiger partial charge in [-0.3, -0.25) is 9.67 Å². The molecule has 148 valence electrons. The summed E-state index contributed by atoms with van der Waals surface area (Å²) in [6.07, 6.45) is 5.09. The van der Waals surface area contributed by atoms with Crippen molar-refractivity contribution in [1.29, 1.82) is 0 Å². The average Bonchev–Trinajstić information content (AvgIpc) is 3.27. The zero-order chi connectivity index (χ0) is 18.5. The second-order valence-corrected chi connectivity index (χ2v) is 6.48. The number of aliphatic imine (C=N–C) groups is 1. The quantitative estimate of drug-likeness (QED) is 0.400. The number of likely N-dealkylation sites (tertiary alicyclic amines) is 1. The lowest BCUT2D eigenvalue weighted by molar-refractivity contribution is 0.321. The summed E-state index contributed by atoms with van der Waals surface area (Å²) in [6, 6.07) is 5.05. The third kappa shape index (κ3) is 5.33. The van der Waals surface area contributed by atoms with Crippen molar-refractivity contribution in [1.82, 2.24) is 20.0 Å². The Kier molecular flexibility index (Phi) is 7.88. The molecule has 8 heteroatoms. The van der Waals surface area contributed by atoms with Crippen LogP contribution in [0.25, 0.3) is 0 Å². The van der Waals surface area contributed by atoms with Gasteiger partial charge in [0.15, 0.2) is 17.5 Å². The van der Waals surface area contributed by atoms with Crippen LogP contribution in [0.2, 0.25) is 0 Å². The van der Waals surface area contributed by atoms with E-state index in [1.54, 1.807) is 13.1 Å². The Labute approximate surface area is 176 Å². The van der Waals surface area contributed by atoms with Gasteiger partial charge in [-0.2, -0.15) is 5.10 Å². The molecule has 0 amide bonds. The fourth-order valence-corrected chi connectivity index (χ4v) is 3.32. The maximum atomic E-state index is 14.0. The maximum absolute atomic E-state index is 14.0. The normalized spacial score (nSPS) is 17.0. The second-order valence-electron chi connectivity index (χ2n) is 6.48. The van der Waals surface area contributed by atoms with E-state index in [0.717, 1.165) is 31.0 Å². The summed E-state index contributed by atoms with van der Waals surface area (Å²) >= 11 is 0. The smallest absolute Gasteiger partial charge is 0.193 e. The Morgan fingerprint density at radius 1 is 1.44 bits per heavy atom. The summed E-state index contributed by atoms with van der Waals surface area (Å²) in [5.41, 5.74) is 2.12.